The van der Waals surface area contributed by atoms with E-state index in [-0.39, 0.29) is 0 Å². The Labute approximate surface area is 58.5 Å². The van der Waals surface area contributed by atoms with Gasteiger partial charge in [-0.1, -0.05) is 0 Å². The van der Waals surface area contributed by atoms with Crippen LogP contribution >= 0.6 is 0 Å². The number of imidazole rings is 1. The number of rotatable bonds is 3. The maximum atomic E-state index is 11.8. The van der Waals surface area contributed by atoms with Gasteiger partial charge in [0.15, 0.2) is 0 Å². The molecule has 1 aromatic rings. The Balaban J connectivity index is 2.40. The summed E-state index contributed by atoms with van der Waals surface area (Å²) in [5.41, 5.74) is 6.22. The zero-order valence-corrected chi connectivity index (χ0v) is 5.55. The number of aromatic amines is 1. The molecule has 10 heavy (non-hydrogen) atoms. The van der Waals surface area contributed by atoms with Crippen LogP contribution in [-0.4, -0.2) is 22.7 Å². The largest absolute Gasteiger partial charge is 0.348 e. The van der Waals surface area contributed by atoms with Crippen LogP contribution < -0.4 is 5.73 Å². The van der Waals surface area contributed by atoms with Crippen molar-refractivity contribution in [2.24, 2.45) is 5.73 Å². The fourth-order valence-electron chi connectivity index (χ4n) is 0.733. The van der Waals surface area contributed by atoms with Gasteiger partial charge in [0.05, 0.1) is 6.33 Å². The van der Waals surface area contributed by atoms with Crippen LogP contribution in [0.25, 0.3) is 0 Å². The van der Waals surface area contributed by atoms with E-state index in [0.29, 0.717) is 6.42 Å². The van der Waals surface area contributed by atoms with Crippen molar-refractivity contribution in [3.8, 4) is 0 Å². The van der Waals surface area contributed by atoms with Gasteiger partial charge in [0, 0.05) is 24.4 Å². The van der Waals surface area contributed by atoms with Gasteiger partial charge in [-0.3, -0.25) is 0 Å². The number of halogens is 1. The first-order valence-electron chi connectivity index (χ1n) is 3.11. The average molecular weight is 143 g/mol. The van der Waals surface area contributed by atoms with Crippen LogP contribution in [0.5, 0.6) is 0 Å². The molecule has 4 heteroatoms. The zero-order valence-electron chi connectivity index (χ0n) is 5.55. The minimum absolute atomic E-state index is 0.402. The number of hydrogen-bond donors (Lipinski definition) is 2. The zero-order chi connectivity index (χ0) is 7.40. The van der Waals surface area contributed by atoms with Crippen LogP contribution in [0.15, 0.2) is 12.5 Å². The fraction of sp³-hybridized carbons (Fsp3) is 0.500. The van der Waals surface area contributed by atoms with Crippen molar-refractivity contribution in [1.29, 1.82) is 0 Å². The van der Waals surface area contributed by atoms with Crippen LogP contribution in [0.1, 0.15) is 5.69 Å². The molecule has 0 saturated carbocycles. The lowest BCUT2D eigenvalue weighted by molar-refractivity contribution is 0.425. The van der Waals surface area contributed by atoms with E-state index in [0.717, 1.165) is 5.69 Å². The molecule has 0 amide bonds. The molecule has 3 N–H and O–H groups in total. The first-order chi connectivity index (χ1) is 4.83. The summed E-state index contributed by atoms with van der Waals surface area (Å²) in [7, 11) is 0. The summed E-state index contributed by atoms with van der Waals surface area (Å²) in [5, 5.41) is 0. The van der Waals surface area contributed by atoms with Gasteiger partial charge in [-0.25, -0.2) is 9.37 Å². The van der Waals surface area contributed by atoms with Gasteiger partial charge in [0.1, 0.15) is 6.67 Å². The average Bonchev–Trinajstić information content (AvgIpc) is 2.40. The lowest BCUT2D eigenvalue weighted by Crippen LogP contribution is -2.24. The topological polar surface area (TPSA) is 54.7 Å². The molecule has 0 aliphatic carbocycles. The SMILES string of the molecule is N[C@@H](CF)Cc1cnc[nH]1. The number of aromatic nitrogens is 2. The van der Waals surface area contributed by atoms with Gasteiger partial charge in [-0.05, 0) is 0 Å². The highest BCUT2D eigenvalue weighted by molar-refractivity contribution is 4.96. The molecule has 0 fully saturated rings. The first-order valence-corrected chi connectivity index (χ1v) is 3.11. The maximum absolute atomic E-state index is 11.8. The Morgan fingerprint density at radius 3 is 3.10 bits per heavy atom. The highest BCUT2D eigenvalue weighted by atomic mass is 19.1. The number of nitrogens with one attached hydrogen (secondary N) is 1. The third kappa shape index (κ3) is 1.80. The van der Waals surface area contributed by atoms with Crippen LogP contribution in [0.2, 0.25) is 0 Å². The number of hydrogen-bond acceptors (Lipinski definition) is 2. The van der Waals surface area contributed by atoms with E-state index < -0.39 is 12.7 Å². The van der Waals surface area contributed by atoms with Crippen molar-refractivity contribution in [1.82, 2.24) is 9.97 Å². The summed E-state index contributed by atoms with van der Waals surface area (Å²) < 4.78 is 11.8. The molecule has 0 aliphatic rings. The molecule has 0 unspecified atom stereocenters. The predicted octanol–water partition coefficient (Wildman–Crippen LogP) is 0.249. The second-order valence-electron chi connectivity index (χ2n) is 2.20. The molecule has 3 nitrogen and oxygen atoms in total. The highest BCUT2D eigenvalue weighted by Crippen LogP contribution is 1.95. The quantitative estimate of drug-likeness (QED) is 0.637. The van der Waals surface area contributed by atoms with Crippen molar-refractivity contribution in [2.75, 3.05) is 6.67 Å². The fourth-order valence-corrected chi connectivity index (χ4v) is 0.733. The molecule has 1 atom stereocenters. The summed E-state index contributed by atoms with van der Waals surface area (Å²) in [6.45, 7) is -0.487. The molecule has 1 rings (SSSR count). The monoisotopic (exact) mass is 143 g/mol. The second-order valence-corrected chi connectivity index (χ2v) is 2.20. The van der Waals surface area contributed by atoms with Crippen LogP contribution in [0.4, 0.5) is 4.39 Å². The van der Waals surface area contributed by atoms with Gasteiger partial charge >= 0.3 is 0 Å². The Hall–Kier alpha value is -0.900. The van der Waals surface area contributed by atoms with Crippen molar-refractivity contribution in [2.45, 2.75) is 12.5 Å². The molecule has 0 spiro atoms. The molecule has 0 radical (unpaired) electrons. The van der Waals surface area contributed by atoms with Crippen molar-refractivity contribution in [3.63, 3.8) is 0 Å². The lowest BCUT2D eigenvalue weighted by Gasteiger charge is -2.02. The van der Waals surface area contributed by atoms with Crippen molar-refractivity contribution >= 4 is 0 Å². The Bertz CT molecular complexity index is 173. The molecular weight excluding hydrogens is 133 g/mol. The van der Waals surface area contributed by atoms with Crippen LogP contribution in [0, 0.1) is 0 Å². The van der Waals surface area contributed by atoms with Gasteiger partial charge in [0.25, 0.3) is 0 Å². The Morgan fingerprint density at radius 1 is 1.80 bits per heavy atom. The van der Waals surface area contributed by atoms with Gasteiger partial charge in [0.2, 0.25) is 0 Å². The van der Waals surface area contributed by atoms with Gasteiger partial charge in [-0.2, -0.15) is 0 Å². The first kappa shape index (κ1) is 7.21. The summed E-state index contributed by atoms with van der Waals surface area (Å²) in [6.07, 6.45) is 3.73. The number of nitrogens with zero attached hydrogens (tertiary/aromatic N) is 1. The van der Waals surface area contributed by atoms with Crippen LogP contribution in [-0.2, 0) is 6.42 Å². The third-order valence-electron chi connectivity index (χ3n) is 1.24. The molecule has 0 aliphatic heterocycles. The minimum atomic E-state index is -0.487. The van der Waals surface area contributed by atoms with Crippen LogP contribution in [0.3, 0.4) is 0 Å². The molecule has 1 heterocycles. The van der Waals surface area contributed by atoms with E-state index in [1.807, 2.05) is 0 Å². The van der Waals surface area contributed by atoms with Crippen molar-refractivity contribution < 1.29 is 4.39 Å². The Kier molecular flexibility index (Phi) is 2.39. The van der Waals surface area contributed by atoms with E-state index in [2.05, 4.69) is 9.97 Å². The number of alkyl halides is 1. The summed E-state index contributed by atoms with van der Waals surface area (Å²) in [6, 6.07) is -0.402. The summed E-state index contributed by atoms with van der Waals surface area (Å²) >= 11 is 0. The lowest BCUT2D eigenvalue weighted by atomic mass is 10.2. The normalized spacial score (nSPS) is 13.4. The van der Waals surface area contributed by atoms with E-state index in [9.17, 15) is 4.39 Å². The van der Waals surface area contributed by atoms with Gasteiger partial charge < -0.3 is 10.7 Å². The van der Waals surface area contributed by atoms with E-state index in [1.54, 1.807) is 12.5 Å². The molecular formula is C6H10FN3. The van der Waals surface area contributed by atoms with E-state index in [4.69, 9.17) is 5.73 Å². The highest BCUT2D eigenvalue weighted by Gasteiger charge is 2.02. The second kappa shape index (κ2) is 3.31. The number of nitrogens with two attached hydrogens (primary N) is 1. The molecule has 0 bridgehead atoms. The maximum Gasteiger partial charge on any atom is 0.105 e. The van der Waals surface area contributed by atoms with E-state index >= 15 is 0 Å². The van der Waals surface area contributed by atoms with E-state index in [1.165, 1.54) is 0 Å². The minimum Gasteiger partial charge on any atom is -0.348 e. The number of H-pyrrole nitrogens is 1. The van der Waals surface area contributed by atoms with Crippen molar-refractivity contribution in [3.05, 3.63) is 18.2 Å². The molecule has 0 saturated heterocycles. The Morgan fingerprint density at radius 2 is 2.60 bits per heavy atom. The standard InChI is InChI=1S/C6H10FN3/c7-2-5(8)1-6-3-9-4-10-6/h3-5H,1-2,8H2,(H,9,10)/t5-/m1/s1. The molecule has 56 valence electrons. The summed E-state index contributed by atoms with van der Waals surface area (Å²) in [5.74, 6) is 0. The summed E-state index contributed by atoms with van der Waals surface area (Å²) in [4.78, 5) is 6.62. The van der Waals surface area contributed by atoms with Gasteiger partial charge in [-0.15, -0.1) is 0 Å². The third-order valence-corrected chi connectivity index (χ3v) is 1.24. The molecule has 1 aromatic heterocycles. The molecule has 0 aromatic carbocycles. The predicted molar refractivity (Wildman–Crippen MR) is 36.2 cm³/mol. The smallest absolute Gasteiger partial charge is 0.105 e.